The van der Waals surface area contributed by atoms with E-state index in [0.717, 1.165) is 18.2 Å². The third-order valence-electron chi connectivity index (χ3n) is 1.87. The summed E-state index contributed by atoms with van der Waals surface area (Å²) in [5.74, 6) is -1.31. The first-order valence-electron chi connectivity index (χ1n) is 4.83. The SMILES string of the molecule is CCOC(=O)C=Cc1ccc(F)cc1[N+](=O)[O-]. The van der Waals surface area contributed by atoms with E-state index in [1.165, 1.54) is 12.1 Å². The normalized spacial score (nSPS) is 10.5. The molecule has 0 N–H and O–H groups in total. The number of nitro groups is 1. The summed E-state index contributed by atoms with van der Waals surface area (Å²) >= 11 is 0. The number of benzene rings is 1. The van der Waals surface area contributed by atoms with Gasteiger partial charge >= 0.3 is 5.97 Å². The molecule has 1 aromatic carbocycles. The van der Waals surface area contributed by atoms with Crippen LogP contribution in [0.3, 0.4) is 0 Å². The van der Waals surface area contributed by atoms with Gasteiger partial charge in [-0.15, -0.1) is 0 Å². The van der Waals surface area contributed by atoms with E-state index in [4.69, 9.17) is 0 Å². The largest absolute Gasteiger partial charge is 0.463 e. The molecular weight excluding hydrogens is 229 g/mol. The van der Waals surface area contributed by atoms with Crippen molar-refractivity contribution in [2.24, 2.45) is 0 Å². The first-order valence-corrected chi connectivity index (χ1v) is 4.83. The molecule has 0 bridgehead atoms. The first kappa shape index (κ1) is 12.8. The summed E-state index contributed by atoms with van der Waals surface area (Å²) in [7, 11) is 0. The molecule has 0 aliphatic heterocycles. The quantitative estimate of drug-likeness (QED) is 0.350. The molecule has 0 atom stereocenters. The third-order valence-corrected chi connectivity index (χ3v) is 1.87. The van der Waals surface area contributed by atoms with Gasteiger partial charge in [-0.3, -0.25) is 10.1 Å². The lowest BCUT2D eigenvalue weighted by Crippen LogP contribution is -1.99. The van der Waals surface area contributed by atoms with Crippen LogP contribution in [0.1, 0.15) is 12.5 Å². The van der Waals surface area contributed by atoms with E-state index in [9.17, 15) is 19.3 Å². The molecule has 0 saturated heterocycles. The fraction of sp³-hybridized carbons (Fsp3) is 0.182. The Labute approximate surface area is 96.7 Å². The second-order valence-electron chi connectivity index (χ2n) is 3.05. The Kier molecular flexibility index (Phi) is 4.33. The Hall–Kier alpha value is -2.24. The lowest BCUT2D eigenvalue weighted by molar-refractivity contribution is -0.385. The van der Waals surface area contributed by atoms with Crippen LogP contribution in [0.2, 0.25) is 0 Å². The molecule has 0 heterocycles. The number of nitro benzene ring substituents is 1. The second-order valence-corrected chi connectivity index (χ2v) is 3.05. The maximum atomic E-state index is 12.8. The van der Waals surface area contributed by atoms with Gasteiger partial charge in [-0.1, -0.05) is 0 Å². The maximum Gasteiger partial charge on any atom is 0.330 e. The number of ether oxygens (including phenoxy) is 1. The highest BCUT2D eigenvalue weighted by Crippen LogP contribution is 2.20. The summed E-state index contributed by atoms with van der Waals surface area (Å²) in [6, 6.07) is 3.10. The van der Waals surface area contributed by atoms with Gasteiger partial charge in [-0.25, -0.2) is 9.18 Å². The third kappa shape index (κ3) is 3.67. The fourth-order valence-electron chi connectivity index (χ4n) is 1.16. The van der Waals surface area contributed by atoms with Gasteiger partial charge in [-0.2, -0.15) is 0 Å². The van der Waals surface area contributed by atoms with Crippen LogP contribution in [0, 0.1) is 15.9 Å². The monoisotopic (exact) mass is 239 g/mol. The zero-order valence-corrected chi connectivity index (χ0v) is 9.05. The molecule has 90 valence electrons. The molecule has 0 aromatic heterocycles. The number of rotatable bonds is 4. The van der Waals surface area contributed by atoms with Crippen LogP contribution in [-0.4, -0.2) is 17.5 Å². The lowest BCUT2D eigenvalue weighted by Gasteiger charge is -1.98. The average molecular weight is 239 g/mol. The number of nitrogens with zero attached hydrogens (tertiary/aromatic N) is 1. The number of hydrogen-bond acceptors (Lipinski definition) is 4. The van der Waals surface area contributed by atoms with Gasteiger partial charge < -0.3 is 4.74 Å². The molecule has 1 rings (SSSR count). The summed E-state index contributed by atoms with van der Waals surface area (Å²) in [4.78, 5) is 20.9. The van der Waals surface area contributed by atoms with Crippen LogP contribution in [-0.2, 0) is 9.53 Å². The number of carbonyl (C=O) groups is 1. The number of esters is 1. The molecule has 0 unspecified atom stereocenters. The van der Waals surface area contributed by atoms with E-state index in [-0.39, 0.29) is 12.2 Å². The van der Waals surface area contributed by atoms with Gasteiger partial charge in [-0.05, 0) is 25.1 Å². The number of halogens is 1. The molecule has 0 amide bonds. The van der Waals surface area contributed by atoms with Crippen LogP contribution >= 0.6 is 0 Å². The summed E-state index contributed by atoms with van der Waals surface area (Å²) < 4.78 is 17.4. The highest BCUT2D eigenvalue weighted by atomic mass is 19.1. The van der Waals surface area contributed by atoms with Gasteiger partial charge in [0.25, 0.3) is 5.69 Å². The molecule has 0 aliphatic carbocycles. The van der Waals surface area contributed by atoms with E-state index in [0.29, 0.717) is 0 Å². The van der Waals surface area contributed by atoms with Crippen LogP contribution in [0.5, 0.6) is 0 Å². The van der Waals surface area contributed by atoms with Crippen molar-refractivity contribution in [3.63, 3.8) is 0 Å². The summed E-state index contributed by atoms with van der Waals surface area (Å²) in [6.45, 7) is 1.86. The van der Waals surface area contributed by atoms with Gasteiger partial charge in [0.1, 0.15) is 5.82 Å². The van der Waals surface area contributed by atoms with Crippen molar-refractivity contribution in [2.75, 3.05) is 6.61 Å². The zero-order valence-electron chi connectivity index (χ0n) is 9.05. The van der Waals surface area contributed by atoms with Crippen LogP contribution < -0.4 is 0 Å². The second kappa shape index (κ2) is 5.74. The molecule has 6 heteroatoms. The Bertz CT molecular complexity index is 471. The predicted molar refractivity (Wildman–Crippen MR) is 58.7 cm³/mol. The van der Waals surface area contributed by atoms with E-state index in [2.05, 4.69) is 4.74 Å². The molecule has 0 spiro atoms. The molecule has 0 radical (unpaired) electrons. The van der Waals surface area contributed by atoms with E-state index < -0.39 is 22.4 Å². The van der Waals surface area contributed by atoms with Crippen molar-refractivity contribution >= 4 is 17.7 Å². The van der Waals surface area contributed by atoms with E-state index in [1.807, 2.05) is 0 Å². The van der Waals surface area contributed by atoms with Crippen molar-refractivity contribution in [2.45, 2.75) is 6.92 Å². The van der Waals surface area contributed by atoms with Crippen LogP contribution in [0.4, 0.5) is 10.1 Å². The van der Waals surface area contributed by atoms with E-state index in [1.54, 1.807) is 6.92 Å². The van der Waals surface area contributed by atoms with Crippen molar-refractivity contribution in [1.29, 1.82) is 0 Å². The highest BCUT2D eigenvalue weighted by molar-refractivity contribution is 5.87. The Balaban J connectivity index is 2.98. The molecule has 0 fully saturated rings. The van der Waals surface area contributed by atoms with Crippen molar-refractivity contribution in [1.82, 2.24) is 0 Å². The molecule has 5 nitrogen and oxygen atoms in total. The smallest absolute Gasteiger partial charge is 0.330 e. The van der Waals surface area contributed by atoms with Crippen molar-refractivity contribution in [3.05, 3.63) is 45.8 Å². The minimum atomic E-state index is -0.714. The minimum Gasteiger partial charge on any atom is -0.463 e. The molecule has 0 saturated carbocycles. The van der Waals surface area contributed by atoms with Crippen LogP contribution in [0.25, 0.3) is 6.08 Å². The Morgan fingerprint density at radius 3 is 2.88 bits per heavy atom. The number of carbonyl (C=O) groups excluding carboxylic acids is 1. The Morgan fingerprint density at radius 1 is 1.59 bits per heavy atom. The fourth-order valence-corrected chi connectivity index (χ4v) is 1.16. The van der Waals surface area contributed by atoms with Crippen LogP contribution in [0.15, 0.2) is 24.3 Å². The van der Waals surface area contributed by atoms with Gasteiger partial charge in [0.2, 0.25) is 0 Å². The summed E-state index contributed by atoms with van der Waals surface area (Å²) in [6.07, 6.45) is 2.28. The summed E-state index contributed by atoms with van der Waals surface area (Å²) in [5, 5.41) is 10.6. The van der Waals surface area contributed by atoms with Crippen molar-refractivity contribution < 1.29 is 18.8 Å². The first-order chi connectivity index (χ1) is 8.04. The minimum absolute atomic E-state index is 0.143. The van der Waals surface area contributed by atoms with E-state index >= 15 is 0 Å². The molecule has 0 aliphatic rings. The van der Waals surface area contributed by atoms with Gasteiger partial charge in [0.15, 0.2) is 0 Å². The Morgan fingerprint density at radius 2 is 2.29 bits per heavy atom. The average Bonchev–Trinajstić information content (AvgIpc) is 2.27. The summed E-state index contributed by atoms with van der Waals surface area (Å²) in [5.41, 5.74) is -0.255. The zero-order chi connectivity index (χ0) is 12.8. The molecular formula is C11H10FNO4. The standard InChI is InChI=1S/C11H10FNO4/c1-2-17-11(14)6-4-8-3-5-9(12)7-10(8)13(15)16/h3-7H,2H2,1H3. The number of hydrogen-bond donors (Lipinski definition) is 0. The topological polar surface area (TPSA) is 69.4 Å². The molecule has 17 heavy (non-hydrogen) atoms. The maximum absolute atomic E-state index is 12.8. The van der Waals surface area contributed by atoms with Crippen molar-refractivity contribution in [3.8, 4) is 0 Å². The van der Waals surface area contributed by atoms with Gasteiger partial charge in [0.05, 0.1) is 23.2 Å². The highest BCUT2D eigenvalue weighted by Gasteiger charge is 2.12. The van der Waals surface area contributed by atoms with Gasteiger partial charge in [0, 0.05) is 6.08 Å². The predicted octanol–water partition coefficient (Wildman–Crippen LogP) is 2.31. The lowest BCUT2D eigenvalue weighted by atomic mass is 10.1. The molecule has 1 aromatic rings.